The number of anilines is 2. The third-order valence-electron chi connectivity index (χ3n) is 5.19. The minimum atomic E-state index is -0.727. The second kappa shape index (κ2) is 11.7. The van der Waals surface area contributed by atoms with E-state index in [1.54, 1.807) is 30.3 Å². The summed E-state index contributed by atoms with van der Waals surface area (Å²) >= 11 is 6.05. The molecule has 3 rings (SSSR count). The fourth-order valence-corrected chi connectivity index (χ4v) is 3.61. The van der Waals surface area contributed by atoms with Crippen LogP contribution in [0, 0.1) is 11.8 Å². The van der Waals surface area contributed by atoms with Gasteiger partial charge >= 0.3 is 11.9 Å². The van der Waals surface area contributed by atoms with Crippen LogP contribution < -0.4 is 15.0 Å². The molecule has 0 radical (unpaired) electrons. The Morgan fingerprint density at radius 2 is 1.83 bits per heavy atom. The van der Waals surface area contributed by atoms with Gasteiger partial charge in [0.15, 0.2) is 6.61 Å². The molecule has 1 fully saturated rings. The van der Waals surface area contributed by atoms with Crippen molar-refractivity contribution in [2.75, 3.05) is 37.1 Å². The molecule has 0 spiro atoms. The molecule has 2 aromatic rings. The Bertz CT molecular complexity index is 1100. The molecule has 1 aliphatic rings. The van der Waals surface area contributed by atoms with Gasteiger partial charge in [-0.15, -0.1) is 0 Å². The van der Waals surface area contributed by atoms with Crippen LogP contribution in [0.3, 0.4) is 0 Å². The maximum atomic E-state index is 12.5. The number of halogens is 1. The Hall–Kier alpha value is -3.59. The van der Waals surface area contributed by atoms with Crippen LogP contribution in [0.4, 0.5) is 11.4 Å². The van der Waals surface area contributed by atoms with Crippen molar-refractivity contribution >= 4 is 46.7 Å². The molecule has 0 unspecified atom stereocenters. The van der Waals surface area contributed by atoms with Crippen molar-refractivity contribution in [2.45, 2.75) is 20.3 Å². The zero-order valence-corrected chi connectivity index (χ0v) is 20.5. The number of rotatable bonds is 9. The van der Waals surface area contributed by atoms with Gasteiger partial charge in [-0.1, -0.05) is 25.4 Å². The van der Waals surface area contributed by atoms with Crippen LogP contribution in [0.5, 0.6) is 5.75 Å². The lowest BCUT2D eigenvalue weighted by Crippen LogP contribution is -2.28. The SMILES string of the molecule is COc1ccc(Cl)cc1N1C[C@@H](C(=O)OCC(=O)Nc2ccc(C(=O)OCC(C)C)cc2)CC1=O. The number of nitrogens with zero attached hydrogens (tertiary/aromatic N) is 1. The van der Waals surface area contributed by atoms with Crippen molar-refractivity contribution in [3.8, 4) is 5.75 Å². The van der Waals surface area contributed by atoms with E-state index in [0.717, 1.165) is 0 Å². The average molecular weight is 503 g/mol. The Labute approximate surface area is 208 Å². The molecule has 35 heavy (non-hydrogen) atoms. The molecular formula is C25H27ClN2O7. The molecule has 0 saturated carbocycles. The summed E-state index contributed by atoms with van der Waals surface area (Å²) in [6.07, 6.45) is -0.0511. The number of hydrogen-bond donors (Lipinski definition) is 1. The fourth-order valence-electron chi connectivity index (χ4n) is 3.44. The number of esters is 2. The van der Waals surface area contributed by atoms with Crippen LogP contribution >= 0.6 is 11.6 Å². The number of carbonyl (C=O) groups is 4. The number of methoxy groups -OCH3 is 1. The first-order chi connectivity index (χ1) is 16.7. The molecule has 0 aliphatic carbocycles. The van der Waals surface area contributed by atoms with Crippen LogP contribution in [0.2, 0.25) is 5.02 Å². The molecule has 0 bridgehead atoms. The Morgan fingerprint density at radius 3 is 2.49 bits per heavy atom. The van der Waals surface area contributed by atoms with E-state index < -0.39 is 30.4 Å². The van der Waals surface area contributed by atoms with Crippen LogP contribution in [0.25, 0.3) is 0 Å². The molecule has 10 heteroatoms. The van der Waals surface area contributed by atoms with Gasteiger partial charge in [0.25, 0.3) is 5.91 Å². The highest BCUT2D eigenvalue weighted by molar-refractivity contribution is 6.31. The summed E-state index contributed by atoms with van der Waals surface area (Å²) in [5.74, 6) is -1.97. The first kappa shape index (κ1) is 26.0. The topological polar surface area (TPSA) is 111 Å². The molecule has 1 heterocycles. The summed E-state index contributed by atoms with van der Waals surface area (Å²) in [6, 6.07) is 11.0. The minimum Gasteiger partial charge on any atom is -0.495 e. The Balaban J connectivity index is 1.50. The van der Waals surface area contributed by atoms with E-state index in [-0.39, 0.29) is 24.8 Å². The van der Waals surface area contributed by atoms with E-state index in [9.17, 15) is 19.2 Å². The lowest BCUT2D eigenvalue weighted by Gasteiger charge is -2.19. The maximum absolute atomic E-state index is 12.5. The van der Waals surface area contributed by atoms with E-state index in [1.807, 2.05) is 13.8 Å². The molecular weight excluding hydrogens is 476 g/mol. The predicted molar refractivity (Wildman–Crippen MR) is 130 cm³/mol. The molecule has 1 N–H and O–H groups in total. The largest absolute Gasteiger partial charge is 0.495 e. The van der Waals surface area contributed by atoms with Crippen molar-refractivity contribution in [2.24, 2.45) is 11.8 Å². The normalized spacial score (nSPS) is 15.2. The summed E-state index contributed by atoms with van der Waals surface area (Å²) in [7, 11) is 1.48. The van der Waals surface area contributed by atoms with E-state index in [0.29, 0.717) is 34.3 Å². The van der Waals surface area contributed by atoms with Gasteiger partial charge in [-0.05, 0) is 48.4 Å². The summed E-state index contributed by atoms with van der Waals surface area (Å²) in [4.78, 5) is 50.6. The van der Waals surface area contributed by atoms with Crippen molar-refractivity contribution in [3.05, 3.63) is 53.1 Å². The first-order valence-corrected chi connectivity index (χ1v) is 11.4. The highest BCUT2D eigenvalue weighted by Gasteiger charge is 2.37. The summed E-state index contributed by atoms with van der Waals surface area (Å²) in [5.41, 5.74) is 1.26. The maximum Gasteiger partial charge on any atom is 0.338 e. The van der Waals surface area contributed by atoms with E-state index in [2.05, 4.69) is 5.32 Å². The molecule has 9 nitrogen and oxygen atoms in total. The number of nitrogens with one attached hydrogen (secondary N) is 1. The van der Waals surface area contributed by atoms with Crippen LogP contribution in [-0.2, 0) is 23.9 Å². The van der Waals surface area contributed by atoms with Crippen LogP contribution in [-0.4, -0.2) is 50.6 Å². The standard InChI is InChI=1S/C25H27ClN2O7/c1-15(2)13-34-24(31)16-4-7-19(8-5-16)27-22(29)14-35-25(32)17-10-23(30)28(12-17)20-11-18(26)6-9-21(20)33-3/h4-9,11,15,17H,10,12-14H2,1-3H3,(H,27,29)/t17-/m0/s1. The van der Waals surface area contributed by atoms with Crippen molar-refractivity contribution < 1.29 is 33.4 Å². The van der Waals surface area contributed by atoms with Gasteiger partial charge < -0.3 is 24.4 Å². The van der Waals surface area contributed by atoms with Gasteiger partial charge in [0.1, 0.15) is 5.75 Å². The molecule has 1 atom stereocenters. The molecule has 2 amide bonds. The van der Waals surface area contributed by atoms with Crippen molar-refractivity contribution in [1.29, 1.82) is 0 Å². The quantitative estimate of drug-likeness (QED) is 0.520. The second-order valence-corrected chi connectivity index (χ2v) is 8.88. The first-order valence-electron chi connectivity index (χ1n) is 11.1. The van der Waals surface area contributed by atoms with Crippen molar-refractivity contribution in [1.82, 2.24) is 0 Å². The van der Waals surface area contributed by atoms with E-state index in [4.69, 9.17) is 25.8 Å². The van der Waals surface area contributed by atoms with E-state index in [1.165, 1.54) is 24.1 Å². The summed E-state index contributed by atoms with van der Waals surface area (Å²) in [6.45, 7) is 3.78. The summed E-state index contributed by atoms with van der Waals surface area (Å²) < 4.78 is 15.6. The highest BCUT2D eigenvalue weighted by Crippen LogP contribution is 2.35. The lowest BCUT2D eigenvalue weighted by molar-refractivity contribution is -0.151. The van der Waals surface area contributed by atoms with E-state index >= 15 is 0 Å². The molecule has 0 aromatic heterocycles. The average Bonchev–Trinajstić information content (AvgIpc) is 3.22. The number of hydrogen-bond acceptors (Lipinski definition) is 7. The zero-order valence-electron chi connectivity index (χ0n) is 19.7. The minimum absolute atomic E-state index is 0.0511. The molecule has 1 saturated heterocycles. The number of carbonyl (C=O) groups excluding carboxylic acids is 4. The fraction of sp³-hybridized carbons (Fsp3) is 0.360. The van der Waals surface area contributed by atoms with Gasteiger partial charge in [0.05, 0.1) is 30.9 Å². The second-order valence-electron chi connectivity index (χ2n) is 8.45. The Kier molecular flexibility index (Phi) is 8.70. The number of benzene rings is 2. The van der Waals surface area contributed by atoms with Gasteiger partial charge in [-0.2, -0.15) is 0 Å². The van der Waals surface area contributed by atoms with Crippen molar-refractivity contribution in [3.63, 3.8) is 0 Å². The number of amides is 2. The van der Waals surface area contributed by atoms with Gasteiger partial charge in [-0.25, -0.2) is 4.79 Å². The number of ether oxygens (including phenoxy) is 3. The lowest BCUT2D eigenvalue weighted by atomic mass is 10.1. The zero-order chi connectivity index (χ0) is 25.5. The van der Waals surface area contributed by atoms with Crippen LogP contribution in [0.15, 0.2) is 42.5 Å². The third-order valence-corrected chi connectivity index (χ3v) is 5.42. The van der Waals surface area contributed by atoms with Gasteiger partial charge in [0, 0.05) is 23.7 Å². The van der Waals surface area contributed by atoms with Gasteiger partial charge in [0.2, 0.25) is 5.91 Å². The smallest absolute Gasteiger partial charge is 0.338 e. The summed E-state index contributed by atoms with van der Waals surface area (Å²) in [5, 5.41) is 3.02. The van der Waals surface area contributed by atoms with Gasteiger partial charge in [-0.3, -0.25) is 14.4 Å². The molecule has 186 valence electrons. The third kappa shape index (κ3) is 6.95. The highest BCUT2D eigenvalue weighted by atomic mass is 35.5. The van der Waals surface area contributed by atoms with Crippen LogP contribution in [0.1, 0.15) is 30.6 Å². The monoisotopic (exact) mass is 502 g/mol. The molecule has 1 aliphatic heterocycles. The Morgan fingerprint density at radius 1 is 1.11 bits per heavy atom. The molecule has 2 aromatic carbocycles. The predicted octanol–water partition coefficient (Wildman–Crippen LogP) is 3.70.